The minimum absolute atomic E-state index is 0.00553. The lowest BCUT2D eigenvalue weighted by atomic mass is 10.0. The molecule has 1 unspecified atom stereocenters. The fourth-order valence-corrected chi connectivity index (χ4v) is 4.20. The summed E-state index contributed by atoms with van der Waals surface area (Å²) in [6.45, 7) is 2.30. The van der Waals surface area contributed by atoms with E-state index in [-0.39, 0.29) is 6.04 Å². The van der Waals surface area contributed by atoms with Crippen LogP contribution >= 0.6 is 0 Å². The maximum absolute atomic E-state index is 12.3. The second-order valence-corrected chi connectivity index (χ2v) is 7.15. The Labute approximate surface area is 115 Å². The van der Waals surface area contributed by atoms with Crippen molar-refractivity contribution in [3.63, 3.8) is 0 Å². The first kappa shape index (κ1) is 14.6. The second-order valence-electron chi connectivity index (χ2n) is 5.44. The first-order valence-electron chi connectivity index (χ1n) is 6.81. The van der Waals surface area contributed by atoms with E-state index in [9.17, 15) is 8.42 Å². The Hall–Kier alpha value is -0.850. The number of nitrogens with one attached hydrogen (secondary N) is 1. The Kier molecular flexibility index (Phi) is 4.32. The maximum Gasteiger partial charge on any atom is 0.242 e. The van der Waals surface area contributed by atoms with Crippen LogP contribution in [-0.4, -0.2) is 19.0 Å². The van der Waals surface area contributed by atoms with Crippen LogP contribution in [0.4, 0.5) is 0 Å². The molecule has 0 amide bonds. The van der Waals surface area contributed by atoms with Gasteiger partial charge in [-0.15, -0.1) is 0 Å². The first-order chi connectivity index (χ1) is 8.94. The normalized spacial score (nSPS) is 18.9. The molecule has 1 aliphatic rings. The van der Waals surface area contributed by atoms with Crippen LogP contribution in [0.2, 0.25) is 0 Å². The first-order valence-corrected chi connectivity index (χ1v) is 8.30. The molecule has 2 rings (SSSR count). The predicted octanol–water partition coefficient (Wildman–Crippen LogP) is 1.34. The fraction of sp³-hybridized carbons (Fsp3) is 0.692. The molecule has 0 radical (unpaired) electrons. The van der Waals surface area contributed by atoms with E-state index in [2.05, 4.69) is 4.72 Å². The van der Waals surface area contributed by atoms with Crippen molar-refractivity contribution in [1.29, 1.82) is 0 Å². The molecule has 3 N–H and O–H groups in total. The van der Waals surface area contributed by atoms with Crippen LogP contribution in [-0.2, 0) is 23.6 Å². The molecule has 1 fully saturated rings. The Morgan fingerprint density at radius 2 is 2.11 bits per heavy atom. The molecule has 1 atom stereocenters. The Morgan fingerprint density at radius 3 is 2.63 bits per heavy atom. The summed E-state index contributed by atoms with van der Waals surface area (Å²) in [6, 6.07) is 1.64. The molecule has 6 heteroatoms. The van der Waals surface area contributed by atoms with Crippen molar-refractivity contribution >= 4 is 10.0 Å². The van der Waals surface area contributed by atoms with Crippen LogP contribution in [0.1, 0.15) is 38.3 Å². The number of hydrogen-bond donors (Lipinski definition) is 2. The molecule has 1 aliphatic carbocycles. The minimum Gasteiger partial charge on any atom is -0.352 e. The minimum atomic E-state index is -3.44. The molecule has 0 saturated heterocycles. The highest BCUT2D eigenvalue weighted by Gasteiger charge is 2.26. The topological polar surface area (TPSA) is 77.1 Å². The van der Waals surface area contributed by atoms with Crippen LogP contribution in [0.15, 0.2) is 17.2 Å². The van der Waals surface area contributed by atoms with Crippen molar-refractivity contribution in [2.24, 2.45) is 18.7 Å². The van der Waals surface area contributed by atoms with Crippen molar-refractivity contribution < 1.29 is 8.42 Å². The number of rotatable bonds is 5. The summed E-state index contributed by atoms with van der Waals surface area (Å²) < 4.78 is 29.2. The zero-order chi connectivity index (χ0) is 14.0. The summed E-state index contributed by atoms with van der Waals surface area (Å²) in [6.07, 6.45) is 6.27. The van der Waals surface area contributed by atoms with Gasteiger partial charge in [0.15, 0.2) is 0 Å². The van der Waals surface area contributed by atoms with Crippen molar-refractivity contribution in [2.45, 2.75) is 50.1 Å². The molecule has 19 heavy (non-hydrogen) atoms. The van der Waals surface area contributed by atoms with Gasteiger partial charge in [-0.2, -0.15) is 0 Å². The van der Waals surface area contributed by atoms with Gasteiger partial charge in [0.25, 0.3) is 0 Å². The third-order valence-electron chi connectivity index (χ3n) is 4.05. The van der Waals surface area contributed by atoms with E-state index in [4.69, 9.17) is 5.73 Å². The zero-order valence-corrected chi connectivity index (χ0v) is 12.4. The summed E-state index contributed by atoms with van der Waals surface area (Å²) in [5.74, 6) is 0.465. The number of nitrogens with two attached hydrogens (primary N) is 1. The quantitative estimate of drug-likeness (QED) is 0.857. The molecular weight excluding hydrogens is 262 g/mol. The van der Waals surface area contributed by atoms with E-state index in [1.807, 2.05) is 14.0 Å². The highest BCUT2D eigenvalue weighted by molar-refractivity contribution is 7.89. The molecule has 0 bridgehead atoms. The SMILES string of the molecule is CC(NS(=O)(=O)c1cc(CN)n(C)c1)C1CCCC1. The van der Waals surface area contributed by atoms with Gasteiger partial charge < -0.3 is 10.3 Å². The van der Waals surface area contributed by atoms with Crippen LogP contribution < -0.4 is 10.5 Å². The van der Waals surface area contributed by atoms with Crippen molar-refractivity contribution in [2.75, 3.05) is 0 Å². The van der Waals surface area contributed by atoms with Gasteiger partial charge in [0, 0.05) is 31.5 Å². The summed E-state index contributed by atoms with van der Waals surface area (Å²) >= 11 is 0. The molecule has 108 valence electrons. The maximum atomic E-state index is 12.3. The summed E-state index contributed by atoms with van der Waals surface area (Å²) in [5, 5.41) is 0. The van der Waals surface area contributed by atoms with Gasteiger partial charge in [0.05, 0.1) is 4.90 Å². The third kappa shape index (κ3) is 3.19. The van der Waals surface area contributed by atoms with E-state index >= 15 is 0 Å². The van der Waals surface area contributed by atoms with E-state index in [1.54, 1.807) is 16.8 Å². The molecule has 1 heterocycles. The highest BCUT2D eigenvalue weighted by Crippen LogP contribution is 2.28. The lowest BCUT2D eigenvalue weighted by Crippen LogP contribution is -2.37. The Balaban J connectivity index is 2.12. The van der Waals surface area contributed by atoms with Gasteiger partial charge in [-0.25, -0.2) is 13.1 Å². The average Bonchev–Trinajstić information content (AvgIpc) is 2.96. The third-order valence-corrected chi connectivity index (χ3v) is 5.58. The van der Waals surface area contributed by atoms with Crippen LogP contribution in [0.25, 0.3) is 0 Å². The number of nitrogens with zero attached hydrogens (tertiary/aromatic N) is 1. The van der Waals surface area contributed by atoms with Gasteiger partial charge >= 0.3 is 0 Å². The van der Waals surface area contributed by atoms with E-state index in [1.165, 1.54) is 12.8 Å². The van der Waals surface area contributed by atoms with Gasteiger partial charge in [0.2, 0.25) is 10.0 Å². The van der Waals surface area contributed by atoms with Gasteiger partial charge in [-0.3, -0.25) is 0 Å². The van der Waals surface area contributed by atoms with E-state index in [0.717, 1.165) is 18.5 Å². The predicted molar refractivity (Wildman–Crippen MR) is 75.0 cm³/mol. The molecule has 0 spiro atoms. The van der Waals surface area contributed by atoms with Gasteiger partial charge in [-0.1, -0.05) is 12.8 Å². The zero-order valence-electron chi connectivity index (χ0n) is 11.6. The lowest BCUT2D eigenvalue weighted by molar-refractivity contribution is 0.424. The average molecular weight is 285 g/mol. The summed E-state index contributed by atoms with van der Waals surface area (Å²) in [4.78, 5) is 0.306. The fourth-order valence-electron chi connectivity index (χ4n) is 2.79. The van der Waals surface area contributed by atoms with Crippen LogP contribution in [0.3, 0.4) is 0 Å². The van der Waals surface area contributed by atoms with Gasteiger partial charge in [0.1, 0.15) is 0 Å². The number of sulfonamides is 1. The molecular formula is C13H23N3O2S. The van der Waals surface area contributed by atoms with Crippen LogP contribution in [0.5, 0.6) is 0 Å². The van der Waals surface area contributed by atoms with Crippen molar-refractivity contribution in [1.82, 2.24) is 9.29 Å². The van der Waals surface area contributed by atoms with Crippen LogP contribution in [0, 0.1) is 5.92 Å². The summed E-state index contributed by atoms with van der Waals surface area (Å²) in [5.41, 5.74) is 6.39. The number of hydrogen-bond acceptors (Lipinski definition) is 3. The monoisotopic (exact) mass is 285 g/mol. The van der Waals surface area contributed by atoms with E-state index in [0.29, 0.717) is 17.4 Å². The van der Waals surface area contributed by atoms with Gasteiger partial charge in [-0.05, 0) is 31.7 Å². The number of aryl methyl sites for hydroxylation is 1. The molecule has 1 aromatic rings. The molecule has 0 aromatic carbocycles. The Morgan fingerprint density at radius 1 is 1.47 bits per heavy atom. The van der Waals surface area contributed by atoms with Crippen molar-refractivity contribution in [3.05, 3.63) is 18.0 Å². The van der Waals surface area contributed by atoms with Crippen molar-refractivity contribution in [3.8, 4) is 0 Å². The molecule has 1 aromatic heterocycles. The smallest absolute Gasteiger partial charge is 0.242 e. The standard InChI is InChI=1S/C13H23N3O2S/c1-10(11-5-3-4-6-11)15-19(17,18)13-7-12(8-14)16(2)9-13/h7,9-11,15H,3-6,8,14H2,1-2H3. The second kappa shape index (κ2) is 5.64. The highest BCUT2D eigenvalue weighted by atomic mass is 32.2. The molecule has 1 saturated carbocycles. The lowest BCUT2D eigenvalue weighted by Gasteiger charge is -2.19. The molecule has 0 aliphatic heterocycles. The van der Waals surface area contributed by atoms with E-state index < -0.39 is 10.0 Å². The molecule has 5 nitrogen and oxygen atoms in total. The number of aromatic nitrogens is 1. The largest absolute Gasteiger partial charge is 0.352 e. The Bertz CT molecular complexity index is 530. The summed E-state index contributed by atoms with van der Waals surface area (Å²) in [7, 11) is -1.63.